The van der Waals surface area contributed by atoms with E-state index in [2.05, 4.69) is 38.5 Å². The summed E-state index contributed by atoms with van der Waals surface area (Å²) in [5.74, 6) is -1.03. The van der Waals surface area contributed by atoms with E-state index >= 15 is 0 Å². The van der Waals surface area contributed by atoms with Gasteiger partial charge in [-0.25, -0.2) is 4.79 Å². The second kappa shape index (κ2) is 18.0. The molecule has 0 N–H and O–H groups in total. The highest BCUT2D eigenvalue weighted by Gasteiger charge is 2.43. The molecule has 2 fully saturated rings. The first-order valence-corrected chi connectivity index (χ1v) is 16.7. The minimum absolute atomic E-state index is 0.00409. The summed E-state index contributed by atoms with van der Waals surface area (Å²) in [5.41, 5.74) is 2.10. The molecule has 0 amide bonds. The van der Waals surface area contributed by atoms with Gasteiger partial charge in [0.2, 0.25) is 0 Å². The lowest BCUT2D eigenvalue weighted by molar-refractivity contribution is -0.180. The second-order valence-corrected chi connectivity index (χ2v) is 13.3. The Kier molecular flexibility index (Phi) is 14.8. The topological polar surface area (TPSA) is 98.8 Å². The molecule has 2 aliphatic heterocycles. The highest BCUT2D eigenvalue weighted by atomic mass is 16.7. The Labute approximate surface area is 275 Å². The fraction of sp³-hybridized carbons (Fsp3) is 0.676. The first-order chi connectivity index (χ1) is 21.9. The van der Waals surface area contributed by atoms with Crippen molar-refractivity contribution < 1.29 is 42.7 Å². The molecule has 46 heavy (non-hydrogen) atoms. The van der Waals surface area contributed by atoms with Gasteiger partial charge in [-0.3, -0.25) is 4.79 Å². The molecule has 2 saturated heterocycles. The maximum absolute atomic E-state index is 13.0. The van der Waals surface area contributed by atoms with E-state index in [1.807, 2.05) is 38.1 Å². The molecule has 1 aromatic carbocycles. The molecule has 6 atom stereocenters. The summed E-state index contributed by atoms with van der Waals surface area (Å²) >= 11 is 0. The van der Waals surface area contributed by atoms with Crippen LogP contribution in [-0.4, -0.2) is 69.1 Å². The summed E-state index contributed by atoms with van der Waals surface area (Å²) in [6.07, 6.45) is 9.86. The molecule has 0 saturated carbocycles. The van der Waals surface area contributed by atoms with E-state index in [0.717, 1.165) is 43.4 Å². The Morgan fingerprint density at radius 1 is 1.09 bits per heavy atom. The molecule has 0 aromatic heterocycles. The summed E-state index contributed by atoms with van der Waals surface area (Å²) in [7, 11) is 2.99. The molecule has 0 unspecified atom stereocenters. The predicted molar refractivity (Wildman–Crippen MR) is 176 cm³/mol. The molecule has 2 aliphatic rings. The van der Waals surface area contributed by atoms with Crippen molar-refractivity contribution in [1.82, 2.24) is 0 Å². The van der Waals surface area contributed by atoms with Crippen molar-refractivity contribution in [2.45, 2.75) is 123 Å². The van der Waals surface area contributed by atoms with E-state index < -0.39 is 17.9 Å². The van der Waals surface area contributed by atoms with Gasteiger partial charge in [0, 0.05) is 24.8 Å². The van der Waals surface area contributed by atoms with Crippen LogP contribution in [0.4, 0.5) is 0 Å². The van der Waals surface area contributed by atoms with Gasteiger partial charge in [-0.15, -0.1) is 0 Å². The molecule has 258 valence electrons. The maximum atomic E-state index is 13.0. The number of benzene rings is 1. The maximum Gasteiger partial charge on any atom is 0.330 e. The van der Waals surface area contributed by atoms with E-state index in [-0.39, 0.29) is 42.0 Å². The van der Waals surface area contributed by atoms with Crippen LogP contribution in [0, 0.1) is 11.8 Å². The number of carbonyl (C=O) groups is 2. The molecular weight excluding hydrogens is 588 g/mol. The van der Waals surface area contributed by atoms with E-state index in [4.69, 9.17) is 28.4 Å². The standard InChI is InChI=1S/C37H56O9/c1-9-18-36(5)23-33(42-25-29-12-14-30(40-7)15-13-29)31(46-36)16-10-26(2)21-28(4)32(24-37(6)43-19-20-44-37)45-35(39)22-27(3)11-17-34(38)41-8/h11-15,17,21,27-28,31-33H,9-10,16,18-20,22-25H2,1-8H3/b17-11+,26-21+/t27-,28-,31+,32+,33-,36-/m1/s1. The molecule has 9 nitrogen and oxygen atoms in total. The Bertz CT molecular complexity index is 1150. The van der Waals surface area contributed by atoms with Gasteiger partial charge in [-0.1, -0.05) is 57.0 Å². The van der Waals surface area contributed by atoms with Gasteiger partial charge in [0.15, 0.2) is 5.79 Å². The van der Waals surface area contributed by atoms with Crippen LogP contribution in [0.15, 0.2) is 48.1 Å². The van der Waals surface area contributed by atoms with E-state index in [9.17, 15) is 9.59 Å². The number of carbonyl (C=O) groups excluding carboxylic acids is 2. The van der Waals surface area contributed by atoms with Crippen molar-refractivity contribution in [1.29, 1.82) is 0 Å². The zero-order valence-corrected chi connectivity index (χ0v) is 29.2. The van der Waals surface area contributed by atoms with Crippen LogP contribution in [0.3, 0.4) is 0 Å². The molecule has 9 heteroatoms. The number of hydrogen-bond donors (Lipinski definition) is 0. The normalized spacial score (nSPS) is 24.9. The third-order valence-corrected chi connectivity index (χ3v) is 8.85. The molecule has 0 radical (unpaired) electrons. The summed E-state index contributed by atoms with van der Waals surface area (Å²) in [4.78, 5) is 24.4. The molecular formula is C37H56O9. The molecule has 3 rings (SSSR count). The fourth-order valence-electron chi connectivity index (χ4n) is 6.32. The number of hydrogen-bond acceptors (Lipinski definition) is 9. The SMILES string of the molecule is CCC[C@]1(C)C[C@@H](OCc2ccc(OC)cc2)[C@H](CC/C(C)=C/[C@@H](C)[C@H](CC2(C)OCCO2)OC(=O)C[C@H](C)/C=C/C(=O)OC)O1. The number of allylic oxidation sites excluding steroid dienone is 2. The molecule has 1 aromatic rings. The second-order valence-electron chi connectivity index (χ2n) is 13.3. The third-order valence-electron chi connectivity index (χ3n) is 8.85. The van der Waals surface area contributed by atoms with Crippen molar-refractivity contribution >= 4 is 11.9 Å². The zero-order valence-electron chi connectivity index (χ0n) is 29.2. The van der Waals surface area contributed by atoms with Crippen LogP contribution >= 0.6 is 0 Å². The monoisotopic (exact) mass is 644 g/mol. The van der Waals surface area contributed by atoms with Crippen molar-refractivity contribution in [3.8, 4) is 5.75 Å². The van der Waals surface area contributed by atoms with Crippen molar-refractivity contribution in [2.24, 2.45) is 11.8 Å². The van der Waals surface area contributed by atoms with E-state index in [0.29, 0.717) is 26.2 Å². The quantitative estimate of drug-likeness (QED) is 0.0941. The van der Waals surface area contributed by atoms with Gasteiger partial charge in [0.25, 0.3) is 0 Å². The first-order valence-electron chi connectivity index (χ1n) is 16.7. The molecule has 0 spiro atoms. The van der Waals surface area contributed by atoms with Gasteiger partial charge in [-0.05, 0) is 63.6 Å². The summed E-state index contributed by atoms with van der Waals surface area (Å²) in [5, 5.41) is 0. The Balaban J connectivity index is 1.64. The fourth-order valence-corrected chi connectivity index (χ4v) is 6.32. The molecule has 0 aliphatic carbocycles. The van der Waals surface area contributed by atoms with Crippen LogP contribution in [0.25, 0.3) is 0 Å². The lowest BCUT2D eigenvalue weighted by Gasteiger charge is -2.30. The van der Waals surface area contributed by atoms with Crippen LogP contribution in [-0.2, 0) is 44.6 Å². The number of ether oxygens (including phenoxy) is 7. The van der Waals surface area contributed by atoms with Gasteiger partial charge in [-0.2, -0.15) is 0 Å². The zero-order chi connectivity index (χ0) is 33.7. The Hall–Kier alpha value is -2.72. The smallest absolute Gasteiger partial charge is 0.330 e. The minimum Gasteiger partial charge on any atom is -0.497 e. The number of esters is 2. The van der Waals surface area contributed by atoms with Gasteiger partial charge in [0.1, 0.15) is 11.9 Å². The molecule has 2 heterocycles. The van der Waals surface area contributed by atoms with Crippen LogP contribution in [0.1, 0.15) is 92.1 Å². The number of methoxy groups -OCH3 is 2. The van der Waals surface area contributed by atoms with Crippen molar-refractivity contribution in [3.63, 3.8) is 0 Å². The van der Waals surface area contributed by atoms with Gasteiger partial charge >= 0.3 is 11.9 Å². The van der Waals surface area contributed by atoms with Crippen molar-refractivity contribution in [2.75, 3.05) is 27.4 Å². The third kappa shape index (κ3) is 12.1. The summed E-state index contributed by atoms with van der Waals surface area (Å²) in [6.45, 7) is 13.9. The first kappa shape index (κ1) is 37.7. The van der Waals surface area contributed by atoms with Crippen LogP contribution in [0.5, 0.6) is 5.75 Å². The Morgan fingerprint density at radius 2 is 1.78 bits per heavy atom. The van der Waals surface area contributed by atoms with Crippen LogP contribution in [0.2, 0.25) is 0 Å². The van der Waals surface area contributed by atoms with E-state index in [1.54, 1.807) is 13.2 Å². The number of rotatable bonds is 18. The average Bonchev–Trinajstić information content (AvgIpc) is 3.59. The van der Waals surface area contributed by atoms with Gasteiger partial charge in [0.05, 0.1) is 58.3 Å². The summed E-state index contributed by atoms with van der Waals surface area (Å²) in [6, 6.07) is 7.98. The largest absolute Gasteiger partial charge is 0.497 e. The highest BCUT2D eigenvalue weighted by Crippen LogP contribution is 2.39. The predicted octanol–water partition coefficient (Wildman–Crippen LogP) is 7.11. The summed E-state index contributed by atoms with van der Waals surface area (Å²) < 4.78 is 40.8. The average molecular weight is 645 g/mol. The minimum atomic E-state index is -0.812. The van der Waals surface area contributed by atoms with E-state index in [1.165, 1.54) is 18.8 Å². The lowest BCUT2D eigenvalue weighted by Crippen LogP contribution is -2.36. The Morgan fingerprint density at radius 3 is 2.41 bits per heavy atom. The van der Waals surface area contributed by atoms with Crippen LogP contribution < -0.4 is 4.74 Å². The van der Waals surface area contributed by atoms with Gasteiger partial charge < -0.3 is 33.2 Å². The van der Waals surface area contributed by atoms with Crippen molar-refractivity contribution in [3.05, 3.63) is 53.6 Å². The lowest BCUT2D eigenvalue weighted by atomic mass is 9.93. The highest BCUT2D eigenvalue weighted by molar-refractivity contribution is 5.81. The molecule has 0 bridgehead atoms.